The topological polar surface area (TPSA) is 43.8 Å². The number of halogens is 2. The zero-order chi connectivity index (χ0) is 13.9. The average Bonchev–Trinajstić information content (AvgIpc) is 2.57. The maximum atomic E-state index is 14.3. The molecule has 0 aromatic carbocycles. The van der Waals surface area contributed by atoms with Crippen LogP contribution in [0.5, 0.6) is 0 Å². The number of rotatable bonds is 6. The highest BCUT2D eigenvalue weighted by Gasteiger charge is 2.26. The summed E-state index contributed by atoms with van der Waals surface area (Å²) in [6.45, 7) is 8.86. The summed E-state index contributed by atoms with van der Waals surface area (Å²) in [5.74, 6) is 0.0875. The molecule has 0 saturated carbocycles. The van der Waals surface area contributed by atoms with Gasteiger partial charge in [-0.15, -0.1) is 0 Å². The quantitative estimate of drug-likeness (QED) is 0.867. The Balaban J connectivity index is 2.90. The molecule has 0 spiro atoms. The van der Waals surface area contributed by atoms with E-state index in [1.165, 1.54) is 0 Å². The van der Waals surface area contributed by atoms with E-state index < -0.39 is 6.17 Å². The smallest absolute Gasteiger partial charge is 0.110 e. The lowest BCUT2D eigenvalue weighted by atomic mass is 9.89. The SMILES string of the molecule is CCn1nc(C)c(Cl)c1CC(F)C(CN)C(C)C. The molecule has 0 bridgehead atoms. The van der Waals surface area contributed by atoms with Gasteiger partial charge >= 0.3 is 0 Å². The standard InChI is InChI=1S/C13H23ClFN3/c1-5-18-12(13(14)9(4)17-18)6-11(15)10(7-16)8(2)3/h8,10-11H,5-7,16H2,1-4H3. The first-order valence-electron chi connectivity index (χ1n) is 6.48. The Kier molecular flexibility index (Phi) is 5.60. The minimum Gasteiger partial charge on any atom is -0.330 e. The third-order valence-electron chi connectivity index (χ3n) is 3.43. The van der Waals surface area contributed by atoms with Crippen LogP contribution in [-0.2, 0) is 13.0 Å². The lowest BCUT2D eigenvalue weighted by molar-refractivity contribution is 0.182. The molecule has 0 fully saturated rings. The van der Waals surface area contributed by atoms with Gasteiger partial charge in [-0.1, -0.05) is 25.4 Å². The molecule has 5 heteroatoms. The van der Waals surface area contributed by atoms with Crippen LogP contribution >= 0.6 is 11.6 Å². The van der Waals surface area contributed by atoms with Crippen molar-refractivity contribution >= 4 is 11.6 Å². The highest BCUT2D eigenvalue weighted by molar-refractivity contribution is 6.31. The first-order chi connectivity index (χ1) is 8.42. The lowest BCUT2D eigenvalue weighted by Crippen LogP contribution is -2.31. The maximum absolute atomic E-state index is 14.3. The largest absolute Gasteiger partial charge is 0.330 e. The first kappa shape index (κ1) is 15.4. The maximum Gasteiger partial charge on any atom is 0.110 e. The molecule has 1 aromatic rings. The molecule has 104 valence electrons. The van der Waals surface area contributed by atoms with Crippen LogP contribution in [0.2, 0.25) is 5.02 Å². The normalized spacial score (nSPS) is 15.1. The van der Waals surface area contributed by atoms with E-state index in [4.69, 9.17) is 17.3 Å². The molecule has 0 saturated heterocycles. The van der Waals surface area contributed by atoms with Gasteiger partial charge < -0.3 is 5.73 Å². The molecule has 2 atom stereocenters. The van der Waals surface area contributed by atoms with E-state index in [9.17, 15) is 4.39 Å². The van der Waals surface area contributed by atoms with Crippen molar-refractivity contribution in [1.82, 2.24) is 9.78 Å². The fraction of sp³-hybridized carbons (Fsp3) is 0.769. The number of nitrogens with zero attached hydrogens (tertiary/aromatic N) is 2. The number of aryl methyl sites for hydroxylation is 2. The molecule has 0 aliphatic heterocycles. The minimum atomic E-state index is -0.978. The van der Waals surface area contributed by atoms with Gasteiger partial charge in [0.1, 0.15) is 6.17 Å². The summed E-state index contributed by atoms with van der Waals surface area (Å²) in [7, 11) is 0. The first-order valence-corrected chi connectivity index (χ1v) is 6.86. The van der Waals surface area contributed by atoms with Crippen LogP contribution in [0.15, 0.2) is 0 Å². The van der Waals surface area contributed by atoms with Crippen molar-refractivity contribution in [2.45, 2.75) is 46.8 Å². The van der Waals surface area contributed by atoms with Gasteiger partial charge in [0, 0.05) is 18.9 Å². The molecule has 3 nitrogen and oxygen atoms in total. The summed E-state index contributed by atoms with van der Waals surface area (Å²) >= 11 is 6.18. The summed E-state index contributed by atoms with van der Waals surface area (Å²) < 4.78 is 16.1. The molecule has 1 rings (SSSR count). The van der Waals surface area contributed by atoms with E-state index in [1.54, 1.807) is 4.68 Å². The molecule has 2 unspecified atom stereocenters. The van der Waals surface area contributed by atoms with Gasteiger partial charge in [-0.25, -0.2) is 4.39 Å². The highest BCUT2D eigenvalue weighted by Crippen LogP contribution is 2.26. The third-order valence-corrected chi connectivity index (χ3v) is 3.93. The van der Waals surface area contributed by atoms with Crippen LogP contribution in [0.25, 0.3) is 0 Å². The Morgan fingerprint density at radius 3 is 2.50 bits per heavy atom. The van der Waals surface area contributed by atoms with Gasteiger partial charge in [-0.3, -0.25) is 4.68 Å². The van der Waals surface area contributed by atoms with Crippen LogP contribution in [0.1, 0.15) is 32.2 Å². The summed E-state index contributed by atoms with van der Waals surface area (Å²) in [5.41, 5.74) is 7.19. The van der Waals surface area contributed by atoms with Crippen molar-refractivity contribution in [1.29, 1.82) is 0 Å². The molecule has 1 aromatic heterocycles. The molecular weight excluding hydrogens is 253 g/mol. The predicted molar refractivity (Wildman–Crippen MR) is 73.6 cm³/mol. The summed E-state index contributed by atoms with van der Waals surface area (Å²) in [4.78, 5) is 0. The van der Waals surface area contributed by atoms with Gasteiger partial charge in [0.05, 0.1) is 16.4 Å². The van der Waals surface area contributed by atoms with Crippen LogP contribution in [0.4, 0.5) is 4.39 Å². The fourth-order valence-corrected chi connectivity index (χ4v) is 2.45. The lowest BCUT2D eigenvalue weighted by Gasteiger charge is -2.23. The Hall–Kier alpha value is -0.610. The number of hydrogen-bond acceptors (Lipinski definition) is 2. The Morgan fingerprint density at radius 1 is 1.44 bits per heavy atom. The molecule has 0 aliphatic rings. The van der Waals surface area contributed by atoms with E-state index in [0.717, 1.165) is 11.4 Å². The Morgan fingerprint density at radius 2 is 2.06 bits per heavy atom. The van der Waals surface area contributed by atoms with Gasteiger partial charge in [0.25, 0.3) is 0 Å². The summed E-state index contributed by atoms with van der Waals surface area (Å²) in [5, 5.41) is 4.88. The van der Waals surface area contributed by atoms with Crippen LogP contribution in [0.3, 0.4) is 0 Å². The second-order valence-corrected chi connectivity index (χ2v) is 5.40. The number of aromatic nitrogens is 2. The molecule has 0 amide bonds. The molecule has 0 radical (unpaired) electrons. The van der Waals surface area contributed by atoms with Gasteiger partial charge in [0.2, 0.25) is 0 Å². The molecule has 1 heterocycles. The fourth-order valence-electron chi connectivity index (χ4n) is 2.24. The average molecular weight is 276 g/mol. The van der Waals surface area contributed by atoms with Gasteiger partial charge in [-0.05, 0) is 26.3 Å². The van der Waals surface area contributed by atoms with E-state index in [1.807, 2.05) is 27.7 Å². The van der Waals surface area contributed by atoms with Gasteiger partial charge in [0.15, 0.2) is 0 Å². The van der Waals surface area contributed by atoms with Crippen molar-refractivity contribution in [2.75, 3.05) is 6.54 Å². The van der Waals surface area contributed by atoms with E-state index in [2.05, 4.69) is 5.10 Å². The second-order valence-electron chi connectivity index (χ2n) is 5.03. The zero-order valence-electron chi connectivity index (χ0n) is 11.6. The van der Waals surface area contributed by atoms with Crippen LogP contribution in [0, 0.1) is 18.8 Å². The van der Waals surface area contributed by atoms with Crippen molar-refractivity contribution in [3.8, 4) is 0 Å². The summed E-state index contributed by atoms with van der Waals surface area (Å²) in [6, 6.07) is 0. The van der Waals surface area contributed by atoms with Crippen LogP contribution in [-0.4, -0.2) is 22.5 Å². The third kappa shape index (κ3) is 3.23. The highest BCUT2D eigenvalue weighted by atomic mass is 35.5. The van der Waals surface area contributed by atoms with E-state index in [0.29, 0.717) is 18.1 Å². The number of hydrogen-bond donors (Lipinski definition) is 1. The monoisotopic (exact) mass is 275 g/mol. The molecule has 2 N–H and O–H groups in total. The van der Waals surface area contributed by atoms with Crippen molar-refractivity contribution in [3.05, 3.63) is 16.4 Å². The minimum absolute atomic E-state index is 0.137. The molecule has 18 heavy (non-hydrogen) atoms. The van der Waals surface area contributed by atoms with Gasteiger partial charge in [-0.2, -0.15) is 5.10 Å². The second kappa shape index (κ2) is 6.53. The van der Waals surface area contributed by atoms with Crippen molar-refractivity contribution in [2.24, 2.45) is 17.6 Å². The van der Waals surface area contributed by atoms with Crippen molar-refractivity contribution < 1.29 is 4.39 Å². The van der Waals surface area contributed by atoms with Crippen molar-refractivity contribution in [3.63, 3.8) is 0 Å². The zero-order valence-corrected chi connectivity index (χ0v) is 12.3. The predicted octanol–water partition coefficient (Wildman–Crippen LogP) is 2.98. The molecular formula is C13H23ClFN3. The van der Waals surface area contributed by atoms with Crippen LogP contribution < -0.4 is 5.73 Å². The Bertz CT molecular complexity index is 390. The van der Waals surface area contributed by atoms with E-state index in [-0.39, 0.29) is 18.3 Å². The van der Waals surface area contributed by atoms with E-state index >= 15 is 0 Å². The Labute approximate surface area is 113 Å². The number of alkyl halides is 1. The summed E-state index contributed by atoms with van der Waals surface area (Å²) in [6.07, 6.45) is -0.693. The number of nitrogens with two attached hydrogens (primary N) is 1. The molecule has 0 aliphatic carbocycles.